The molecule has 0 atom stereocenters. The largest absolute Gasteiger partial charge is 0.478 e. The minimum atomic E-state index is -3.79. The average Bonchev–Trinajstić information content (AvgIpc) is 2.52. The molecular weight excluding hydrogens is 320 g/mol. The topological polar surface area (TPSA) is 121 Å². The number of anilines is 1. The molecule has 0 aliphatic carbocycles. The molecule has 0 aliphatic heterocycles. The van der Waals surface area contributed by atoms with E-state index in [1.807, 2.05) is 0 Å². The number of carbonyl (C=O) groups is 1. The molecule has 0 saturated heterocycles. The molecule has 8 nitrogen and oxygen atoms in total. The lowest BCUT2D eigenvalue weighted by molar-refractivity contribution is 0.0696. The van der Waals surface area contributed by atoms with Crippen LogP contribution in [0.15, 0.2) is 41.7 Å². The average molecular weight is 336 g/mol. The van der Waals surface area contributed by atoms with Gasteiger partial charge in [-0.25, -0.2) is 22.9 Å². The van der Waals surface area contributed by atoms with Crippen LogP contribution in [0.3, 0.4) is 0 Å². The number of benzene rings is 1. The Morgan fingerprint density at radius 1 is 1.26 bits per heavy atom. The summed E-state index contributed by atoms with van der Waals surface area (Å²) >= 11 is 0. The Balaban J connectivity index is 2.01. The zero-order valence-corrected chi connectivity index (χ0v) is 13.2. The number of carboxylic acid groups (broad SMARTS) is 1. The minimum absolute atomic E-state index is 0.0445. The van der Waals surface area contributed by atoms with Crippen molar-refractivity contribution in [1.82, 2.24) is 14.7 Å². The molecule has 1 aromatic heterocycles. The van der Waals surface area contributed by atoms with Crippen molar-refractivity contribution in [1.29, 1.82) is 0 Å². The van der Waals surface area contributed by atoms with Crippen LogP contribution in [-0.2, 0) is 10.0 Å². The molecule has 0 unspecified atom stereocenters. The maximum absolute atomic E-state index is 12.3. The summed E-state index contributed by atoms with van der Waals surface area (Å²) in [6.07, 6.45) is 4.58. The number of nitrogens with zero attached hydrogens (tertiary/aromatic N) is 2. The second-order valence-electron chi connectivity index (χ2n) is 4.70. The Hall–Kier alpha value is -2.52. The second kappa shape index (κ2) is 7.16. The van der Waals surface area contributed by atoms with Gasteiger partial charge in [0.2, 0.25) is 10.0 Å². The van der Waals surface area contributed by atoms with Gasteiger partial charge in [-0.3, -0.25) is 4.98 Å². The van der Waals surface area contributed by atoms with Gasteiger partial charge in [0.05, 0.1) is 16.7 Å². The van der Waals surface area contributed by atoms with Gasteiger partial charge >= 0.3 is 5.97 Å². The lowest BCUT2D eigenvalue weighted by Gasteiger charge is -2.10. The highest BCUT2D eigenvalue weighted by atomic mass is 32.2. The third-order valence-corrected chi connectivity index (χ3v) is 4.61. The summed E-state index contributed by atoms with van der Waals surface area (Å²) in [6.45, 7) is 2.04. The number of nitrogens with one attached hydrogen (secondary N) is 2. The number of carboxylic acids is 1. The van der Waals surface area contributed by atoms with Crippen molar-refractivity contribution in [2.45, 2.75) is 11.8 Å². The van der Waals surface area contributed by atoms with E-state index in [0.717, 1.165) is 6.07 Å². The van der Waals surface area contributed by atoms with Crippen molar-refractivity contribution < 1.29 is 18.3 Å². The monoisotopic (exact) mass is 336 g/mol. The van der Waals surface area contributed by atoms with Crippen LogP contribution < -0.4 is 10.0 Å². The summed E-state index contributed by atoms with van der Waals surface area (Å²) in [5, 5.41) is 11.9. The molecule has 2 aromatic rings. The molecule has 0 radical (unpaired) electrons. The first kappa shape index (κ1) is 16.8. The van der Waals surface area contributed by atoms with E-state index in [-0.39, 0.29) is 17.0 Å². The normalized spacial score (nSPS) is 11.2. The Labute approximate surface area is 133 Å². The van der Waals surface area contributed by atoms with E-state index in [9.17, 15) is 13.2 Å². The first-order valence-corrected chi connectivity index (χ1v) is 8.22. The fraction of sp³-hybridized carbons (Fsp3) is 0.214. The van der Waals surface area contributed by atoms with E-state index in [4.69, 9.17) is 5.11 Å². The number of aryl methyl sites for hydroxylation is 1. The SMILES string of the molecule is Cc1ccc(C(=O)O)cc1S(=O)(=O)NCCNc1cnccn1. The maximum Gasteiger partial charge on any atom is 0.335 e. The van der Waals surface area contributed by atoms with Gasteiger partial charge in [-0.2, -0.15) is 0 Å². The minimum Gasteiger partial charge on any atom is -0.478 e. The molecule has 0 bridgehead atoms. The van der Waals surface area contributed by atoms with Crippen molar-refractivity contribution >= 4 is 21.8 Å². The van der Waals surface area contributed by atoms with Gasteiger partial charge in [0.15, 0.2) is 0 Å². The van der Waals surface area contributed by atoms with Crippen LogP contribution in [0.4, 0.5) is 5.82 Å². The van der Waals surface area contributed by atoms with Gasteiger partial charge < -0.3 is 10.4 Å². The van der Waals surface area contributed by atoms with Crippen LogP contribution in [-0.4, -0.2) is 42.6 Å². The van der Waals surface area contributed by atoms with Gasteiger partial charge in [0.1, 0.15) is 5.82 Å². The van der Waals surface area contributed by atoms with Crippen LogP contribution in [0.25, 0.3) is 0 Å². The van der Waals surface area contributed by atoms with Gasteiger partial charge in [-0.05, 0) is 24.6 Å². The first-order valence-electron chi connectivity index (χ1n) is 6.73. The summed E-state index contributed by atoms with van der Waals surface area (Å²) < 4.78 is 27.0. The van der Waals surface area contributed by atoms with Gasteiger partial charge in [-0.1, -0.05) is 6.07 Å². The number of aromatic nitrogens is 2. The summed E-state index contributed by atoms with van der Waals surface area (Å²) in [7, 11) is -3.79. The number of rotatable bonds is 7. The fourth-order valence-electron chi connectivity index (χ4n) is 1.87. The molecule has 3 N–H and O–H groups in total. The van der Waals surface area contributed by atoms with E-state index in [0.29, 0.717) is 17.9 Å². The Morgan fingerprint density at radius 2 is 2.04 bits per heavy atom. The molecule has 0 saturated carbocycles. The molecule has 2 rings (SSSR count). The number of sulfonamides is 1. The smallest absolute Gasteiger partial charge is 0.335 e. The van der Waals surface area contributed by atoms with Crippen LogP contribution in [0.5, 0.6) is 0 Å². The number of hydrogen-bond donors (Lipinski definition) is 3. The van der Waals surface area contributed by atoms with E-state index < -0.39 is 16.0 Å². The van der Waals surface area contributed by atoms with E-state index in [1.54, 1.807) is 6.92 Å². The number of aromatic carboxylic acids is 1. The molecular formula is C14H16N4O4S. The molecule has 0 aliphatic rings. The molecule has 9 heteroatoms. The Bertz CT molecular complexity index is 794. The summed E-state index contributed by atoms with van der Waals surface area (Å²) in [4.78, 5) is 18.8. The van der Waals surface area contributed by atoms with Crippen molar-refractivity contribution in [2.75, 3.05) is 18.4 Å². The lowest BCUT2D eigenvalue weighted by Crippen LogP contribution is -2.29. The first-order chi connectivity index (χ1) is 10.9. The van der Waals surface area contributed by atoms with Crippen LogP contribution in [0.2, 0.25) is 0 Å². The predicted molar refractivity (Wildman–Crippen MR) is 83.8 cm³/mol. The maximum atomic E-state index is 12.3. The summed E-state index contributed by atoms with van der Waals surface area (Å²) in [5.74, 6) is -0.637. The zero-order valence-electron chi connectivity index (χ0n) is 12.4. The quantitative estimate of drug-likeness (QED) is 0.641. The highest BCUT2D eigenvalue weighted by molar-refractivity contribution is 7.89. The third-order valence-electron chi connectivity index (χ3n) is 3.01. The standard InChI is InChI=1S/C14H16N4O4S/c1-10-2-3-11(14(19)20)8-12(10)23(21,22)18-7-6-17-13-9-15-4-5-16-13/h2-5,8-9,18H,6-7H2,1H3,(H,16,17)(H,19,20). The van der Waals surface area contributed by atoms with Crippen molar-refractivity contribution in [3.05, 3.63) is 47.9 Å². The molecule has 0 amide bonds. The zero-order chi connectivity index (χ0) is 16.9. The van der Waals surface area contributed by atoms with Crippen LogP contribution >= 0.6 is 0 Å². The summed E-state index contributed by atoms with van der Waals surface area (Å²) in [5.41, 5.74) is 0.401. The molecule has 23 heavy (non-hydrogen) atoms. The molecule has 0 fully saturated rings. The third kappa shape index (κ3) is 4.47. The Morgan fingerprint density at radius 3 is 2.70 bits per heavy atom. The van der Waals surface area contributed by atoms with E-state index in [2.05, 4.69) is 20.0 Å². The lowest BCUT2D eigenvalue weighted by atomic mass is 10.1. The molecule has 1 heterocycles. The van der Waals surface area contributed by atoms with Crippen molar-refractivity contribution in [3.63, 3.8) is 0 Å². The molecule has 122 valence electrons. The van der Waals surface area contributed by atoms with Crippen LogP contribution in [0.1, 0.15) is 15.9 Å². The van der Waals surface area contributed by atoms with E-state index >= 15 is 0 Å². The second-order valence-corrected chi connectivity index (χ2v) is 6.44. The van der Waals surface area contributed by atoms with Gasteiger partial charge in [0, 0.05) is 25.5 Å². The van der Waals surface area contributed by atoms with Gasteiger partial charge in [0.25, 0.3) is 0 Å². The van der Waals surface area contributed by atoms with Gasteiger partial charge in [-0.15, -0.1) is 0 Å². The Kier molecular flexibility index (Phi) is 5.24. The summed E-state index contributed by atoms with van der Waals surface area (Å²) in [6, 6.07) is 3.98. The fourth-order valence-corrected chi connectivity index (χ4v) is 3.17. The predicted octanol–water partition coefficient (Wildman–Crippen LogP) is 0.874. The van der Waals surface area contributed by atoms with Crippen LogP contribution in [0, 0.1) is 6.92 Å². The number of hydrogen-bond acceptors (Lipinski definition) is 6. The van der Waals surface area contributed by atoms with Crippen molar-refractivity contribution in [3.8, 4) is 0 Å². The highest BCUT2D eigenvalue weighted by Crippen LogP contribution is 2.17. The molecule has 0 spiro atoms. The van der Waals surface area contributed by atoms with E-state index in [1.165, 1.54) is 30.7 Å². The molecule has 1 aromatic carbocycles. The highest BCUT2D eigenvalue weighted by Gasteiger charge is 2.18. The van der Waals surface area contributed by atoms with Crippen molar-refractivity contribution in [2.24, 2.45) is 0 Å².